The van der Waals surface area contributed by atoms with Crippen LogP contribution >= 0.6 is 0 Å². The number of ketones is 1. The number of carbonyl (C=O) groups excluding carboxylic acids is 2. The summed E-state index contributed by atoms with van der Waals surface area (Å²) in [5.74, 6) is -0.887. The highest BCUT2D eigenvalue weighted by atomic mass is 16.5. The van der Waals surface area contributed by atoms with Gasteiger partial charge >= 0.3 is 5.97 Å². The molecular formula is C21H25NO6. The van der Waals surface area contributed by atoms with E-state index in [4.69, 9.17) is 14.2 Å². The van der Waals surface area contributed by atoms with Gasteiger partial charge in [0.2, 0.25) is 5.78 Å². The Morgan fingerprint density at radius 2 is 2.04 bits per heavy atom. The first-order chi connectivity index (χ1) is 13.4. The third-order valence-corrected chi connectivity index (χ3v) is 5.04. The van der Waals surface area contributed by atoms with Crippen molar-refractivity contribution in [2.75, 3.05) is 20.3 Å². The molecule has 1 unspecified atom stereocenters. The largest absolute Gasteiger partial charge is 0.507 e. The standard InChI is InChI=1S/C21H25NO6/c1-13-9-17(14(2)22(13)11-16-5-4-8-27-16)20(24)12-28-21(25)18-10-15(26-3)6-7-19(18)23/h6-7,9-10,16,23H,4-5,8,11-12H2,1-3H3. The summed E-state index contributed by atoms with van der Waals surface area (Å²) in [6.07, 6.45) is 2.24. The zero-order chi connectivity index (χ0) is 20.3. The van der Waals surface area contributed by atoms with Crippen LogP contribution in [0, 0.1) is 13.8 Å². The first-order valence-electron chi connectivity index (χ1n) is 9.26. The highest BCUT2D eigenvalue weighted by molar-refractivity contribution is 6.01. The molecule has 3 rings (SSSR count). The molecule has 0 amide bonds. The number of ether oxygens (including phenoxy) is 3. The number of phenolic OH excluding ortho intramolecular Hbond substituents is 1. The average Bonchev–Trinajstić information content (AvgIpc) is 3.30. The monoisotopic (exact) mass is 387 g/mol. The van der Waals surface area contributed by atoms with Crippen LogP contribution in [0.5, 0.6) is 11.5 Å². The van der Waals surface area contributed by atoms with Crippen LogP contribution in [0.15, 0.2) is 24.3 Å². The van der Waals surface area contributed by atoms with Crippen molar-refractivity contribution in [1.29, 1.82) is 0 Å². The highest BCUT2D eigenvalue weighted by Crippen LogP contribution is 2.24. The van der Waals surface area contributed by atoms with E-state index in [2.05, 4.69) is 4.57 Å². The molecule has 0 spiro atoms. The van der Waals surface area contributed by atoms with Gasteiger partial charge in [-0.15, -0.1) is 0 Å². The van der Waals surface area contributed by atoms with Crippen LogP contribution in [0.2, 0.25) is 0 Å². The zero-order valence-corrected chi connectivity index (χ0v) is 16.4. The Hall–Kier alpha value is -2.80. The minimum Gasteiger partial charge on any atom is -0.507 e. The number of methoxy groups -OCH3 is 1. The van der Waals surface area contributed by atoms with Crippen LogP contribution in [0.25, 0.3) is 0 Å². The van der Waals surface area contributed by atoms with Gasteiger partial charge in [-0.25, -0.2) is 4.79 Å². The molecular weight excluding hydrogens is 362 g/mol. The molecule has 1 aromatic carbocycles. The minimum atomic E-state index is -0.780. The number of benzene rings is 1. The first-order valence-corrected chi connectivity index (χ1v) is 9.26. The predicted octanol–water partition coefficient (Wildman–Crippen LogP) is 3.04. The Labute approximate surface area is 163 Å². The third kappa shape index (κ3) is 4.20. The van der Waals surface area contributed by atoms with Crippen molar-refractivity contribution >= 4 is 11.8 Å². The van der Waals surface area contributed by atoms with E-state index >= 15 is 0 Å². The number of Topliss-reactive ketones (excluding diaryl/α,β-unsaturated/α-hetero) is 1. The van der Waals surface area contributed by atoms with Crippen LogP contribution in [-0.4, -0.2) is 47.9 Å². The van der Waals surface area contributed by atoms with Crippen molar-refractivity contribution in [1.82, 2.24) is 4.57 Å². The van der Waals surface area contributed by atoms with E-state index in [1.54, 1.807) is 0 Å². The molecule has 7 heteroatoms. The number of aryl methyl sites for hydroxylation is 1. The molecule has 1 N–H and O–H groups in total. The SMILES string of the molecule is COc1ccc(O)c(C(=O)OCC(=O)c2cc(C)n(CC3CCCO3)c2C)c1. The van der Waals surface area contributed by atoms with E-state index in [1.807, 2.05) is 19.9 Å². The summed E-state index contributed by atoms with van der Waals surface area (Å²) >= 11 is 0. The maximum absolute atomic E-state index is 12.6. The highest BCUT2D eigenvalue weighted by Gasteiger charge is 2.22. The fourth-order valence-corrected chi connectivity index (χ4v) is 3.45. The van der Waals surface area contributed by atoms with Gasteiger partial charge in [0.15, 0.2) is 6.61 Å². The fraction of sp³-hybridized carbons (Fsp3) is 0.429. The Bertz CT molecular complexity index is 879. The molecule has 0 bridgehead atoms. The molecule has 1 aliphatic heterocycles. The molecule has 1 atom stereocenters. The molecule has 0 saturated carbocycles. The number of aromatic hydroxyl groups is 1. The molecule has 7 nitrogen and oxygen atoms in total. The van der Waals surface area contributed by atoms with E-state index < -0.39 is 12.6 Å². The second kappa shape index (κ2) is 8.48. The van der Waals surface area contributed by atoms with Gasteiger partial charge in [-0.1, -0.05) is 0 Å². The maximum atomic E-state index is 12.6. The van der Waals surface area contributed by atoms with Gasteiger partial charge in [0.1, 0.15) is 17.1 Å². The quantitative estimate of drug-likeness (QED) is 0.580. The van der Waals surface area contributed by atoms with E-state index in [0.717, 1.165) is 30.8 Å². The Kier molecular flexibility index (Phi) is 6.04. The lowest BCUT2D eigenvalue weighted by atomic mass is 10.1. The number of phenols is 1. The topological polar surface area (TPSA) is 87.0 Å². The van der Waals surface area contributed by atoms with Crippen LogP contribution < -0.4 is 4.74 Å². The van der Waals surface area contributed by atoms with Gasteiger partial charge in [-0.3, -0.25) is 4.79 Å². The molecule has 1 fully saturated rings. The van der Waals surface area contributed by atoms with E-state index in [-0.39, 0.29) is 23.2 Å². The van der Waals surface area contributed by atoms with Crippen molar-refractivity contribution in [2.45, 2.75) is 39.3 Å². The third-order valence-electron chi connectivity index (χ3n) is 5.04. The number of nitrogens with zero attached hydrogens (tertiary/aromatic N) is 1. The molecule has 1 saturated heterocycles. The lowest BCUT2D eigenvalue weighted by Crippen LogP contribution is -2.18. The van der Waals surface area contributed by atoms with Crippen LogP contribution in [-0.2, 0) is 16.0 Å². The van der Waals surface area contributed by atoms with Crippen molar-refractivity contribution in [3.63, 3.8) is 0 Å². The Morgan fingerprint density at radius 1 is 1.25 bits per heavy atom. The number of hydrogen-bond donors (Lipinski definition) is 1. The summed E-state index contributed by atoms with van der Waals surface area (Å²) in [6.45, 7) is 4.91. The Morgan fingerprint density at radius 3 is 2.71 bits per heavy atom. The summed E-state index contributed by atoms with van der Waals surface area (Å²) in [7, 11) is 1.46. The lowest BCUT2D eigenvalue weighted by molar-refractivity contribution is 0.0471. The van der Waals surface area contributed by atoms with Crippen molar-refractivity contribution in [3.8, 4) is 11.5 Å². The molecule has 150 valence electrons. The van der Waals surface area contributed by atoms with Gasteiger partial charge in [-0.2, -0.15) is 0 Å². The lowest BCUT2D eigenvalue weighted by Gasteiger charge is -2.14. The smallest absolute Gasteiger partial charge is 0.342 e. The maximum Gasteiger partial charge on any atom is 0.342 e. The summed E-state index contributed by atoms with van der Waals surface area (Å²) in [5, 5.41) is 9.85. The average molecular weight is 387 g/mol. The van der Waals surface area contributed by atoms with E-state index in [1.165, 1.54) is 25.3 Å². The predicted molar refractivity (Wildman–Crippen MR) is 102 cm³/mol. The van der Waals surface area contributed by atoms with Crippen molar-refractivity contribution in [3.05, 3.63) is 46.8 Å². The second-order valence-electron chi connectivity index (χ2n) is 6.91. The summed E-state index contributed by atoms with van der Waals surface area (Å²) < 4.78 is 17.9. The summed E-state index contributed by atoms with van der Waals surface area (Å²) in [4.78, 5) is 24.8. The molecule has 28 heavy (non-hydrogen) atoms. The number of hydrogen-bond acceptors (Lipinski definition) is 6. The van der Waals surface area contributed by atoms with Crippen molar-refractivity contribution in [2.24, 2.45) is 0 Å². The fourth-order valence-electron chi connectivity index (χ4n) is 3.45. The molecule has 1 aromatic heterocycles. The second-order valence-corrected chi connectivity index (χ2v) is 6.91. The van der Waals surface area contributed by atoms with E-state index in [9.17, 15) is 14.7 Å². The van der Waals surface area contributed by atoms with Crippen LogP contribution in [0.1, 0.15) is 44.9 Å². The van der Waals surface area contributed by atoms with Gasteiger partial charge in [0.05, 0.1) is 13.2 Å². The van der Waals surface area contributed by atoms with Gasteiger partial charge in [0.25, 0.3) is 0 Å². The Balaban J connectivity index is 1.67. The molecule has 0 radical (unpaired) electrons. The first kappa shape index (κ1) is 19.9. The van der Waals surface area contributed by atoms with Crippen LogP contribution in [0.4, 0.5) is 0 Å². The van der Waals surface area contributed by atoms with Crippen molar-refractivity contribution < 1.29 is 28.9 Å². The van der Waals surface area contributed by atoms with Gasteiger partial charge in [-0.05, 0) is 51.0 Å². The molecule has 1 aliphatic rings. The zero-order valence-electron chi connectivity index (χ0n) is 16.4. The summed E-state index contributed by atoms with van der Waals surface area (Å²) in [5.41, 5.74) is 2.28. The van der Waals surface area contributed by atoms with E-state index in [0.29, 0.717) is 17.9 Å². The molecule has 0 aliphatic carbocycles. The van der Waals surface area contributed by atoms with Crippen LogP contribution in [0.3, 0.4) is 0 Å². The molecule has 2 heterocycles. The van der Waals surface area contributed by atoms with Gasteiger partial charge in [0, 0.05) is 30.1 Å². The molecule has 2 aromatic rings. The minimum absolute atomic E-state index is 0.0454. The normalized spacial score (nSPS) is 16.2. The van der Waals surface area contributed by atoms with Gasteiger partial charge < -0.3 is 23.9 Å². The number of carbonyl (C=O) groups is 2. The summed E-state index contributed by atoms with van der Waals surface area (Å²) in [6, 6.07) is 6.05. The number of aromatic nitrogens is 1. The number of esters is 1. The number of rotatable bonds is 7.